The SMILES string of the molecule is Cc1cc(C(NCC2CC2)c2cccc(CN)c2)ccc1F. The summed E-state index contributed by atoms with van der Waals surface area (Å²) in [5.74, 6) is 0.641. The summed E-state index contributed by atoms with van der Waals surface area (Å²) < 4.78 is 13.6. The predicted molar refractivity (Wildman–Crippen MR) is 88.0 cm³/mol. The first-order valence-electron chi connectivity index (χ1n) is 7.95. The van der Waals surface area contributed by atoms with Crippen LogP contribution in [0, 0.1) is 18.7 Å². The monoisotopic (exact) mass is 298 g/mol. The number of rotatable bonds is 6. The van der Waals surface area contributed by atoms with E-state index >= 15 is 0 Å². The van der Waals surface area contributed by atoms with Crippen molar-refractivity contribution in [2.45, 2.75) is 32.4 Å². The largest absolute Gasteiger partial charge is 0.326 e. The lowest BCUT2D eigenvalue weighted by molar-refractivity contribution is 0.569. The summed E-state index contributed by atoms with van der Waals surface area (Å²) in [5.41, 5.74) is 9.86. The highest BCUT2D eigenvalue weighted by Gasteiger charge is 2.23. The van der Waals surface area contributed by atoms with Crippen LogP contribution in [0.5, 0.6) is 0 Å². The lowest BCUT2D eigenvalue weighted by Gasteiger charge is -2.21. The van der Waals surface area contributed by atoms with Gasteiger partial charge in [0.1, 0.15) is 5.82 Å². The highest BCUT2D eigenvalue weighted by Crippen LogP contribution is 2.30. The number of hydrogen-bond acceptors (Lipinski definition) is 2. The summed E-state index contributed by atoms with van der Waals surface area (Å²) in [6, 6.07) is 13.8. The van der Waals surface area contributed by atoms with Gasteiger partial charge in [0.25, 0.3) is 0 Å². The first-order valence-corrected chi connectivity index (χ1v) is 7.95. The van der Waals surface area contributed by atoms with Crippen molar-refractivity contribution in [2.24, 2.45) is 11.7 Å². The Morgan fingerprint density at radius 1 is 1.18 bits per heavy atom. The first-order chi connectivity index (χ1) is 10.7. The van der Waals surface area contributed by atoms with E-state index in [4.69, 9.17) is 5.73 Å². The number of nitrogens with two attached hydrogens (primary N) is 1. The van der Waals surface area contributed by atoms with E-state index in [9.17, 15) is 4.39 Å². The Balaban J connectivity index is 1.91. The number of nitrogens with one attached hydrogen (secondary N) is 1. The topological polar surface area (TPSA) is 38.0 Å². The Kier molecular flexibility index (Phi) is 4.55. The fraction of sp³-hybridized carbons (Fsp3) is 0.368. The molecule has 0 spiro atoms. The van der Waals surface area contributed by atoms with E-state index in [2.05, 4.69) is 17.4 Å². The van der Waals surface area contributed by atoms with Crippen molar-refractivity contribution in [2.75, 3.05) is 6.54 Å². The van der Waals surface area contributed by atoms with E-state index in [1.807, 2.05) is 31.2 Å². The van der Waals surface area contributed by atoms with E-state index in [0.29, 0.717) is 12.1 Å². The molecule has 0 bridgehead atoms. The molecule has 3 rings (SSSR count). The third-order valence-corrected chi connectivity index (χ3v) is 4.34. The van der Waals surface area contributed by atoms with E-state index in [1.54, 1.807) is 6.07 Å². The highest BCUT2D eigenvalue weighted by molar-refractivity contribution is 5.36. The molecule has 0 saturated heterocycles. The zero-order valence-corrected chi connectivity index (χ0v) is 13.0. The van der Waals surface area contributed by atoms with Gasteiger partial charge in [-0.1, -0.05) is 36.4 Å². The van der Waals surface area contributed by atoms with Gasteiger partial charge in [0.2, 0.25) is 0 Å². The second-order valence-corrected chi connectivity index (χ2v) is 6.24. The van der Waals surface area contributed by atoms with Crippen LogP contribution in [0.3, 0.4) is 0 Å². The molecule has 1 unspecified atom stereocenters. The summed E-state index contributed by atoms with van der Waals surface area (Å²) in [4.78, 5) is 0. The third-order valence-electron chi connectivity index (χ3n) is 4.34. The van der Waals surface area contributed by atoms with Crippen LogP contribution in [0.15, 0.2) is 42.5 Å². The molecule has 1 aliphatic carbocycles. The standard InChI is InChI=1S/C19H23FN2/c1-13-9-17(7-8-18(13)20)19(22-12-14-5-6-14)16-4-2-3-15(10-16)11-21/h2-4,7-10,14,19,22H,5-6,11-12,21H2,1H3. The first kappa shape index (κ1) is 15.2. The lowest BCUT2D eigenvalue weighted by atomic mass is 9.95. The fourth-order valence-corrected chi connectivity index (χ4v) is 2.78. The van der Waals surface area contributed by atoms with Gasteiger partial charge in [-0.2, -0.15) is 0 Å². The second-order valence-electron chi connectivity index (χ2n) is 6.24. The van der Waals surface area contributed by atoms with Crippen LogP contribution in [0.25, 0.3) is 0 Å². The Labute approximate surface area is 131 Å². The Hall–Kier alpha value is -1.71. The van der Waals surface area contributed by atoms with Gasteiger partial charge < -0.3 is 11.1 Å². The van der Waals surface area contributed by atoms with Crippen molar-refractivity contribution in [3.8, 4) is 0 Å². The minimum absolute atomic E-state index is 0.0893. The molecule has 3 N–H and O–H groups in total. The lowest BCUT2D eigenvalue weighted by Crippen LogP contribution is -2.25. The van der Waals surface area contributed by atoms with Gasteiger partial charge >= 0.3 is 0 Å². The summed E-state index contributed by atoms with van der Waals surface area (Å²) in [6.07, 6.45) is 2.62. The van der Waals surface area contributed by atoms with E-state index < -0.39 is 0 Å². The molecule has 116 valence electrons. The van der Waals surface area contributed by atoms with Gasteiger partial charge in [-0.15, -0.1) is 0 Å². The summed E-state index contributed by atoms with van der Waals surface area (Å²) in [5, 5.41) is 3.65. The smallest absolute Gasteiger partial charge is 0.126 e. The number of hydrogen-bond donors (Lipinski definition) is 2. The van der Waals surface area contributed by atoms with Gasteiger partial charge in [-0.3, -0.25) is 0 Å². The molecule has 1 saturated carbocycles. The third kappa shape index (κ3) is 3.54. The van der Waals surface area contributed by atoms with E-state index in [0.717, 1.165) is 23.6 Å². The molecule has 2 aromatic rings. The van der Waals surface area contributed by atoms with Crippen molar-refractivity contribution in [1.29, 1.82) is 0 Å². The average molecular weight is 298 g/mol. The molecule has 2 aromatic carbocycles. The molecule has 0 radical (unpaired) electrons. The maximum absolute atomic E-state index is 13.6. The zero-order valence-electron chi connectivity index (χ0n) is 13.0. The van der Waals surface area contributed by atoms with Crippen LogP contribution in [-0.2, 0) is 6.54 Å². The van der Waals surface area contributed by atoms with Crippen molar-refractivity contribution < 1.29 is 4.39 Å². The molecule has 1 fully saturated rings. The molecule has 1 aliphatic rings. The molecular formula is C19H23FN2. The molecule has 22 heavy (non-hydrogen) atoms. The zero-order chi connectivity index (χ0) is 15.5. The highest BCUT2D eigenvalue weighted by atomic mass is 19.1. The van der Waals surface area contributed by atoms with Crippen molar-refractivity contribution >= 4 is 0 Å². The van der Waals surface area contributed by atoms with E-state index in [-0.39, 0.29) is 11.9 Å². The maximum atomic E-state index is 13.6. The van der Waals surface area contributed by atoms with Crippen molar-refractivity contribution in [1.82, 2.24) is 5.32 Å². The minimum atomic E-state index is -0.152. The van der Waals surface area contributed by atoms with Crippen LogP contribution in [0.2, 0.25) is 0 Å². The average Bonchev–Trinajstić information content (AvgIpc) is 3.35. The Morgan fingerprint density at radius 2 is 1.95 bits per heavy atom. The van der Waals surface area contributed by atoms with Gasteiger partial charge in [-0.05, 0) is 60.5 Å². The normalized spacial score (nSPS) is 15.8. The van der Waals surface area contributed by atoms with Crippen molar-refractivity contribution in [3.63, 3.8) is 0 Å². The number of aryl methyl sites for hydroxylation is 1. The quantitative estimate of drug-likeness (QED) is 0.853. The predicted octanol–water partition coefficient (Wildman–Crippen LogP) is 3.68. The van der Waals surface area contributed by atoms with E-state index in [1.165, 1.54) is 18.4 Å². The summed E-state index contributed by atoms with van der Waals surface area (Å²) in [7, 11) is 0. The van der Waals surface area contributed by atoms with Crippen LogP contribution in [0.1, 0.15) is 41.1 Å². The summed E-state index contributed by atoms with van der Waals surface area (Å²) in [6.45, 7) is 3.35. The Bertz CT molecular complexity index is 650. The maximum Gasteiger partial charge on any atom is 0.126 e. The molecule has 0 aromatic heterocycles. The molecule has 0 amide bonds. The summed E-state index contributed by atoms with van der Waals surface area (Å²) >= 11 is 0. The fourth-order valence-electron chi connectivity index (χ4n) is 2.78. The molecule has 0 aliphatic heterocycles. The van der Waals surface area contributed by atoms with Gasteiger partial charge in [-0.25, -0.2) is 4.39 Å². The Morgan fingerprint density at radius 3 is 2.64 bits per heavy atom. The van der Waals surface area contributed by atoms with Gasteiger partial charge in [0.15, 0.2) is 0 Å². The molecule has 2 nitrogen and oxygen atoms in total. The number of benzene rings is 2. The second kappa shape index (κ2) is 6.59. The van der Waals surface area contributed by atoms with Crippen LogP contribution in [-0.4, -0.2) is 6.54 Å². The van der Waals surface area contributed by atoms with Crippen LogP contribution in [0.4, 0.5) is 4.39 Å². The van der Waals surface area contributed by atoms with Crippen LogP contribution < -0.4 is 11.1 Å². The number of halogens is 1. The van der Waals surface area contributed by atoms with Crippen molar-refractivity contribution in [3.05, 3.63) is 70.5 Å². The van der Waals surface area contributed by atoms with Gasteiger partial charge in [0.05, 0.1) is 6.04 Å². The molecule has 3 heteroatoms. The van der Waals surface area contributed by atoms with Gasteiger partial charge in [0, 0.05) is 6.54 Å². The molecule has 0 heterocycles. The minimum Gasteiger partial charge on any atom is -0.326 e. The molecular weight excluding hydrogens is 275 g/mol. The molecule has 1 atom stereocenters. The van der Waals surface area contributed by atoms with Crippen LogP contribution >= 0.6 is 0 Å².